The SMILES string of the molecule is COc1cc(C(O)=C2C(=O)Nc3cc(Cl)c(-c4ccc(OCCCO)cc4)cc32)on1. The van der Waals surface area contributed by atoms with Crippen LogP contribution in [0, 0.1) is 0 Å². The van der Waals surface area contributed by atoms with Gasteiger partial charge in [0, 0.05) is 24.2 Å². The lowest BCUT2D eigenvalue weighted by molar-refractivity contribution is -0.110. The van der Waals surface area contributed by atoms with E-state index in [1.54, 1.807) is 24.3 Å². The third-order valence-electron chi connectivity index (χ3n) is 4.76. The predicted molar refractivity (Wildman–Crippen MR) is 115 cm³/mol. The van der Waals surface area contributed by atoms with E-state index in [0.29, 0.717) is 40.6 Å². The second-order valence-corrected chi connectivity index (χ2v) is 7.15. The number of benzene rings is 2. The Balaban J connectivity index is 1.71. The second kappa shape index (κ2) is 8.71. The summed E-state index contributed by atoms with van der Waals surface area (Å²) in [4.78, 5) is 12.6. The van der Waals surface area contributed by atoms with E-state index in [-0.39, 0.29) is 29.6 Å². The highest BCUT2D eigenvalue weighted by atomic mass is 35.5. The molecular weight excluding hydrogens is 424 g/mol. The number of aromatic nitrogens is 1. The predicted octanol–water partition coefficient (Wildman–Crippen LogP) is 4.14. The summed E-state index contributed by atoms with van der Waals surface area (Å²) < 4.78 is 15.6. The van der Waals surface area contributed by atoms with Gasteiger partial charge in [-0.05, 0) is 35.0 Å². The molecule has 0 fully saturated rings. The minimum Gasteiger partial charge on any atom is -0.504 e. The summed E-state index contributed by atoms with van der Waals surface area (Å²) in [7, 11) is 1.42. The molecule has 1 aliphatic heterocycles. The Morgan fingerprint density at radius 3 is 2.65 bits per heavy atom. The fraction of sp³-hybridized carbons (Fsp3) is 0.182. The Hall–Kier alpha value is -3.49. The molecule has 3 aromatic rings. The number of halogens is 1. The van der Waals surface area contributed by atoms with Crippen molar-refractivity contribution in [1.82, 2.24) is 5.16 Å². The van der Waals surface area contributed by atoms with Gasteiger partial charge in [0.25, 0.3) is 11.8 Å². The van der Waals surface area contributed by atoms with Gasteiger partial charge in [0.15, 0.2) is 5.76 Å². The molecule has 1 aliphatic rings. The van der Waals surface area contributed by atoms with Gasteiger partial charge in [-0.3, -0.25) is 4.79 Å². The first-order valence-electron chi connectivity index (χ1n) is 9.45. The highest BCUT2D eigenvalue weighted by Gasteiger charge is 2.31. The molecule has 1 aromatic heterocycles. The van der Waals surface area contributed by atoms with Gasteiger partial charge in [0.2, 0.25) is 5.76 Å². The number of aliphatic hydroxyl groups is 2. The van der Waals surface area contributed by atoms with Gasteiger partial charge in [-0.25, -0.2) is 0 Å². The summed E-state index contributed by atoms with van der Waals surface area (Å²) >= 11 is 6.46. The number of anilines is 1. The van der Waals surface area contributed by atoms with Crippen LogP contribution < -0.4 is 14.8 Å². The monoisotopic (exact) mass is 442 g/mol. The molecule has 8 nitrogen and oxygen atoms in total. The highest BCUT2D eigenvalue weighted by Crippen LogP contribution is 2.42. The van der Waals surface area contributed by atoms with Crippen LogP contribution >= 0.6 is 11.6 Å². The molecule has 0 bridgehead atoms. The van der Waals surface area contributed by atoms with Gasteiger partial charge >= 0.3 is 0 Å². The van der Waals surface area contributed by atoms with Crippen LogP contribution in [-0.4, -0.2) is 41.6 Å². The van der Waals surface area contributed by atoms with Crippen molar-refractivity contribution >= 4 is 34.5 Å². The molecule has 3 N–H and O–H groups in total. The zero-order valence-electron chi connectivity index (χ0n) is 16.5. The van der Waals surface area contributed by atoms with Crippen LogP contribution in [0.15, 0.2) is 47.0 Å². The molecule has 0 unspecified atom stereocenters. The maximum absolute atomic E-state index is 12.6. The van der Waals surface area contributed by atoms with Crippen molar-refractivity contribution in [3.05, 3.63) is 58.8 Å². The smallest absolute Gasteiger partial charge is 0.260 e. The number of carbonyl (C=O) groups excluding carboxylic acids is 1. The maximum Gasteiger partial charge on any atom is 0.260 e. The number of aliphatic hydroxyl groups excluding tert-OH is 2. The van der Waals surface area contributed by atoms with Crippen LogP contribution in [0.5, 0.6) is 11.6 Å². The first-order valence-corrected chi connectivity index (χ1v) is 9.83. The van der Waals surface area contributed by atoms with Crippen molar-refractivity contribution < 1.29 is 29.0 Å². The van der Waals surface area contributed by atoms with Gasteiger partial charge in [-0.15, -0.1) is 0 Å². The minimum atomic E-state index is -0.483. The number of nitrogens with one attached hydrogen (secondary N) is 1. The number of ether oxygens (including phenoxy) is 2. The summed E-state index contributed by atoms with van der Waals surface area (Å²) in [5, 5.41) is 26.3. The molecule has 0 radical (unpaired) electrons. The molecule has 0 aliphatic carbocycles. The van der Waals surface area contributed by atoms with Gasteiger partial charge in [-0.1, -0.05) is 23.7 Å². The van der Waals surface area contributed by atoms with Gasteiger partial charge < -0.3 is 29.5 Å². The lowest BCUT2D eigenvalue weighted by Crippen LogP contribution is -2.05. The number of amides is 1. The van der Waals surface area contributed by atoms with E-state index in [0.717, 1.165) is 5.56 Å². The summed E-state index contributed by atoms with van der Waals surface area (Å²) in [6.45, 7) is 0.488. The number of methoxy groups -OCH3 is 1. The van der Waals surface area contributed by atoms with Crippen molar-refractivity contribution in [2.45, 2.75) is 6.42 Å². The number of rotatable bonds is 7. The average molecular weight is 443 g/mol. The van der Waals surface area contributed by atoms with E-state index in [1.807, 2.05) is 12.1 Å². The highest BCUT2D eigenvalue weighted by molar-refractivity contribution is 6.38. The summed E-state index contributed by atoms with van der Waals surface area (Å²) in [6.07, 6.45) is 0.551. The Morgan fingerprint density at radius 2 is 1.97 bits per heavy atom. The largest absolute Gasteiger partial charge is 0.504 e. The number of fused-ring (bicyclic) bond motifs is 1. The van der Waals surface area contributed by atoms with Crippen LogP contribution in [0.3, 0.4) is 0 Å². The Kier molecular flexibility index (Phi) is 5.83. The van der Waals surface area contributed by atoms with Crippen LogP contribution in [0.4, 0.5) is 5.69 Å². The Morgan fingerprint density at radius 1 is 1.19 bits per heavy atom. The molecule has 9 heteroatoms. The molecule has 1 amide bonds. The topological polar surface area (TPSA) is 114 Å². The van der Waals surface area contributed by atoms with Gasteiger partial charge in [0.1, 0.15) is 5.75 Å². The quantitative estimate of drug-likeness (QED) is 0.286. The van der Waals surface area contributed by atoms with E-state index in [2.05, 4.69) is 10.5 Å². The van der Waals surface area contributed by atoms with E-state index in [9.17, 15) is 9.90 Å². The lowest BCUT2D eigenvalue weighted by atomic mass is 9.98. The van der Waals surface area contributed by atoms with Crippen LogP contribution in [0.1, 0.15) is 17.7 Å². The molecule has 2 heterocycles. The minimum absolute atomic E-state index is 0.00994. The molecule has 31 heavy (non-hydrogen) atoms. The van der Waals surface area contributed by atoms with E-state index in [1.165, 1.54) is 13.2 Å². The standard InChI is InChI=1S/C22H19ClN2O6/c1-29-19-11-18(31-25-19)21(27)20-15-9-14(16(23)10-17(15)24-22(20)28)12-3-5-13(6-4-12)30-8-2-7-26/h3-6,9-11,26-27H,2,7-8H2,1H3,(H,24,28). The number of hydrogen-bond donors (Lipinski definition) is 3. The number of carbonyl (C=O) groups is 1. The molecule has 2 aromatic carbocycles. The summed E-state index contributed by atoms with van der Waals surface area (Å²) in [6, 6.07) is 12.0. The van der Waals surface area contributed by atoms with E-state index >= 15 is 0 Å². The molecule has 0 saturated heterocycles. The third kappa shape index (κ3) is 4.08. The van der Waals surface area contributed by atoms with Crippen LogP contribution in [0.25, 0.3) is 22.5 Å². The third-order valence-corrected chi connectivity index (χ3v) is 5.07. The van der Waals surface area contributed by atoms with Crippen molar-refractivity contribution in [1.29, 1.82) is 0 Å². The van der Waals surface area contributed by atoms with Crippen molar-refractivity contribution in [2.24, 2.45) is 0 Å². The number of hydrogen-bond acceptors (Lipinski definition) is 7. The zero-order chi connectivity index (χ0) is 22.0. The fourth-order valence-corrected chi connectivity index (χ4v) is 3.50. The normalized spacial score (nSPS) is 14.2. The molecule has 0 spiro atoms. The maximum atomic E-state index is 12.6. The molecule has 0 atom stereocenters. The Labute approximate surface area is 182 Å². The van der Waals surface area contributed by atoms with Crippen molar-refractivity contribution in [3.63, 3.8) is 0 Å². The molecule has 0 saturated carbocycles. The average Bonchev–Trinajstić information content (AvgIpc) is 3.37. The Bertz CT molecular complexity index is 1150. The lowest BCUT2D eigenvalue weighted by Gasteiger charge is -2.10. The summed E-state index contributed by atoms with van der Waals surface area (Å²) in [5.74, 6) is 0.0232. The van der Waals surface area contributed by atoms with Crippen LogP contribution in [-0.2, 0) is 4.79 Å². The first kappa shape index (κ1) is 20.8. The van der Waals surface area contributed by atoms with Gasteiger partial charge in [0.05, 0.1) is 36.1 Å². The second-order valence-electron chi connectivity index (χ2n) is 6.74. The van der Waals surface area contributed by atoms with Crippen LogP contribution in [0.2, 0.25) is 5.02 Å². The van der Waals surface area contributed by atoms with E-state index < -0.39 is 5.91 Å². The molecular formula is C22H19ClN2O6. The van der Waals surface area contributed by atoms with Crippen molar-refractivity contribution in [2.75, 3.05) is 25.6 Å². The molecule has 160 valence electrons. The number of nitrogens with zero attached hydrogens (tertiary/aromatic N) is 1. The van der Waals surface area contributed by atoms with Gasteiger partial charge in [-0.2, -0.15) is 0 Å². The fourth-order valence-electron chi connectivity index (χ4n) is 3.22. The summed E-state index contributed by atoms with van der Waals surface area (Å²) in [5.41, 5.74) is 2.51. The molecule has 4 rings (SSSR count). The first-order chi connectivity index (χ1) is 15.0. The van der Waals surface area contributed by atoms with Crippen molar-refractivity contribution in [3.8, 4) is 22.8 Å². The van der Waals surface area contributed by atoms with E-state index in [4.69, 9.17) is 30.7 Å². The zero-order valence-corrected chi connectivity index (χ0v) is 17.3.